The van der Waals surface area contributed by atoms with Crippen molar-refractivity contribution >= 4 is 17.5 Å². The Morgan fingerprint density at radius 1 is 1.24 bits per heavy atom. The smallest absolute Gasteiger partial charge is 0.332 e. The fourth-order valence-electron chi connectivity index (χ4n) is 1.89. The minimum absolute atomic E-state index is 0.128. The van der Waals surface area contributed by atoms with Gasteiger partial charge >= 0.3 is 5.69 Å². The first kappa shape index (κ1) is 17.1. The van der Waals surface area contributed by atoms with E-state index < -0.39 is 10.5 Å². The van der Waals surface area contributed by atoms with E-state index in [2.05, 4.69) is 20.6 Å². The zero-order chi connectivity index (χ0) is 16.0. The number of nitro groups is 1. The first-order valence-corrected chi connectivity index (χ1v) is 7.10. The molecule has 0 aliphatic carbocycles. The highest BCUT2D eigenvalue weighted by molar-refractivity contribution is 5.60. The molecule has 21 heavy (non-hydrogen) atoms. The summed E-state index contributed by atoms with van der Waals surface area (Å²) in [6, 6.07) is 0. The molecule has 118 valence electrons. The van der Waals surface area contributed by atoms with Gasteiger partial charge in [-0.25, -0.2) is 4.98 Å². The van der Waals surface area contributed by atoms with Gasteiger partial charge in [0.15, 0.2) is 0 Å². The predicted octanol–water partition coefficient (Wildman–Crippen LogP) is 2.09. The quantitative estimate of drug-likeness (QED) is 0.497. The molecule has 1 aromatic rings. The Labute approximate surface area is 124 Å². The first-order chi connectivity index (χ1) is 9.86. The molecule has 8 nitrogen and oxygen atoms in total. The number of aliphatic hydroxyl groups is 1. The van der Waals surface area contributed by atoms with E-state index in [0.29, 0.717) is 25.3 Å². The number of anilines is 2. The van der Waals surface area contributed by atoms with Crippen LogP contribution in [-0.2, 0) is 0 Å². The largest absolute Gasteiger partial charge is 0.388 e. The molecule has 1 heterocycles. The zero-order valence-electron chi connectivity index (χ0n) is 12.9. The summed E-state index contributed by atoms with van der Waals surface area (Å²) >= 11 is 0. The van der Waals surface area contributed by atoms with Gasteiger partial charge in [-0.05, 0) is 26.7 Å². The van der Waals surface area contributed by atoms with Gasteiger partial charge in [0.05, 0.1) is 10.5 Å². The Morgan fingerprint density at radius 2 is 1.86 bits per heavy atom. The van der Waals surface area contributed by atoms with E-state index >= 15 is 0 Å². The van der Waals surface area contributed by atoms with Gasteiger partial charge in [-0.15, -0.1) is 0 Å². The molecule has 0 saturated carbocycles. The summed E-state index contributed by atoms with van der Waals surface area (Å²) in [5, 5.41) is 27.3. The average molecular weight is 297 g/mol. The molecule has 0 spiro atoms. The Morgan fingerprint density at radius 3 is 2.33 bits per heavy atom. The van der Waals surface area contributed by atoms with Crippen LogP contribution in [0.1, 0.15) is 39.3 Å². The second kappa shape index (κ2) is 7.16. The maximum atomic E-state index is 11.2. The predicted molar refractivity (Wildman–Crippen MR) is 81.6 cm³/mol. The van der Waals surface area contributed by atoms with E-state index in [-0.39, 0.29) is 23.7 Å². The molecule has 0 unspecified atom stereocenters. The van der Waals surface area contributed by atoms with Crippen molar-refractivity contribution < 1.29 is 10.0 Å². The number of aromatic nitrogens is 2. The molecule has 0 bridgehead atoms. The summed E-state index contributed by atoms with van der Waals surface area (Å²) in [5.74, 6) is 0.461. The minimum atomic E-state index is -0.912. The Bertz CT molecular complexity index is 503. The highest BCUT2D eigenvalue weighted by Crippen LogP contribution is 2.27. The summed E-state index contributed by atoms with van der Waals surface area (Å²) < 4.78 is 0. The van der Waals surface area contributed by atoms with E-state index in [1.54, 1.807) is 6.92 Å². The fraction of sp³-hybridized carbons (Fsp3) is 0.692. The number of hydrogen-bond donors (Lipinski definition) is 3. The second-order valence-corrected chi connectivity index (χ2v) is 4.90. The van der Waals surface area contributed by atoms with Crippen LogP contribution in [0.3, 0.4) is 0 Å². The van der Waals surface area contributed by atoms with Gasteiger partial charge in [0.1, 0.15) is 5.69 Å². The molecule has 3 N–H and O–H groups in total. The molecule has 0 fully saturated rings. The standard InChI is InChI=1S/C13H23N5O3/c1-5-13(19,6-2)8-15-11-10(18(20)21)9(4)16-12(17-11)14-7-3/h19H,5-8H2,1-4H3,(H2,14,15,16,17). The molecule has 0 aromatic carbocycles. The number of rotatable bonds is 8. The van der Waals surface area contributed by atoms with Gasteiger partial charge in [0.2, 0.25) is 11.8 Å². The number of nitrogens with one attached hydrogen (secondary N) is 2. The van der Waals surface area contributed by atoms with E-state index in [4.69, 9.17) is 0 Å². The Hall–Kier alpha value is -1.96. The van der Waals surface area contributed by atoms with Crippen LogP contribution >= 0.6 is 0 Å². The summed E-state index contributed by atoms with van der Waals surface area (Å²) in [4.78, 5) is 18.9. The van der Waals surface area contributed by atoms with Crippen molar-refractivity contribution in [3.05, 3.63) is 15.8 Å². The van der Waals surface area contributed by atoms with E-state index in [9.17, 15) is 15.2 Å². The van der Waals surface area contributed by atoms with Crippen LogP contribution < -0.4 is 10.6 Å². The van der Waals surface area contributed by atoms with Crippen LogP contribution in [0.15, 0.2) is 0 Å². The van der Waals surface area contributed by atoms with Crippen LogP contribution in [0.2, 0.25) is 0 Å². The third-order valence-electron chi connectivity index (χ3n) is 3.48. The highest BCUT2D eigenvalue weighted by atomic mass is 16.6. The van der Waals surface area contributed by atoms with Crippen molar-refractivity contribution in [2.24, 2.45) is 0 Å². The number of hydrogen-bond acceptors (Lipinski definition) is 7. The van der Waals surface area contributed by atoms with Gasteiger partial charge in [-0.3, -0.25) is 10.1 Å². The molecule has 0 aliphatic rings. The topological polar surface area (TPSA) is 113 Å². The average Bonchev–Trinajstić information content (AvgIpc) is 2.44. The van der Waals surface area contributed by atoms with Crippen molar-refractivity contribution in [3.8, 4) is 0 Å². The summed E-state index contributed by atoms with van der Waals surface area (Å²) in [6.45, 7) is 8.01. The molecule has 8 heteroatoms. The van der Waals surface area contributed by atoms with E-state index in [1.807, 2.05) is 20.8 Å². The zero-order valence-corrected chi connectivity index (χ0v) is 12.9. The molecule has 0 amide bonds. The van der Waals surface area contributed by atoms with Crippen LogP contribution in [-0.4, -0.2) is 38.7 Å². The maximum absolute atomic E-state index is 11.2. The fourth-order valence-corrected chi connectivity index (χ4v) is 1.89. The monoisotopic (exact) mass is 297 g/mol. The normalized spacial score (nSPS) is 11.3. The molecule has 0 saturated heterocycles. The number of nitrogens with zero attached hydrogens (tertiary/aromatic N) is 3. The van der Waals surface area contributed by atoms with Crippen molar-refractivity contribution in [1.29, 1.82) is 0 Å². The molecule has 0 atom stereocenters. The van der Waals surface area contributed by atoms with Gasteiger partial charge in [-0.2, -0.15) is 4.98 Å². The highest BCUT2D eigenvalue weighted by Gasteiger charge is 2.26. The Kier molecular flexibility index (Phi) is 5.83. The first-order valence-electron chi connectivity index (χ1n) is 7.10. The molecular weight excluding hydrogens is 274 g/mol. The molecule has 1 rings (SSSR count). The molecule has 1 aromatic heterocycles. The van der Waals surface area contributed by atoms with Crippen LogP contribution in [0.5, 0.6) is 0 Å². The molecule has 0 radical (unpaired) electrons. The maximum Gasteiger partial charge on any atom is 0.332 e. The lowest BCUT2D eigenvalue weighted by atomic mass is 9.98. The van der Waals surface area contributed by atoms with Gasteiger partial charge in [-0.1, -0.05) is 13.8 Å². The lowest BCUT2D eigenvalue weighted by molar-refractivity contribution is -0.385. The lowest BCUT2D eigenvalue weighted by Gasteiger charge is -2.25. The third-order valence-corrected chi connectivity index (χ3v) is 3.48. The van der Waals surface area contributed by atoms with Crippen LogP contribution in [0.25, 0.3) is 0 Å². The lowest BCUT2D eigenvalue weighted by Crippen LogP contribution is -2.35. The van der Waals surface area contributed by atoms with Gasteiger partial charge in [0.25, 0.3) is 0 Å². The van der Waals surface area contributed by atoms with E-state index in [0.717, 1.165) is 0 Å². The van der Waals surface area contributed by atoms with Crippen molar-refractivity contribution in [1.82, 2.24) is 9.97 Å². The summed E-state index contributed by atoms with van der Waals surface area (Å²) in [7, 11) is 0. The second-order valence-electron chi connectivity index (χ2n) is 4.90. The summed E-state index contributed by atoms with van der Waals surface area (Å²) in [5.41, 5.74) is -0.790. The summed E-state index contributed by atoms with van der Waals surface area (Å²) in [6.07, 6.45) is 1.10. The van der Waals surface area contributed by atoms with E-state index in [1.165, 1.54) is 0 Å². The molecule has 0 aliphatic heterocycles. The van der Waals surface area contributed by atoms with Gasteiger partial charge < -0.3 is 15.7 Å². The van der Waals surface area contributed by atoms with Gasteiger partial charge in [0, 0.05) is 13.1 Å². The number of aryl methyl sites for hydroxylation is 1. The minimum Gasteiger partial charge on any atom is -0.388 e. The van der Waals surface area contributed by atoms with Crippen LogP contribution in [0, 0.1) is 17.0 Å². The van der Waals surface area contributed by atoms with Crippen molar-refractivity contribution in [2.75, 3.05) is 23.7 Å². The van der Waals surface area contributed by atoms with Crippen molar-refractivity contribution in [2.45, 2.75) is 46.1 Å². The Balaban J connectivity index is 3.10. The third kappa shape index (κ3) is 4.25. The molecular formula is C13H23N5O3. The SMILES string of the molecule is CCNc1nc(C)c([N+](=O)[O-])c(NCC(O)(CC)CC)n1. The van der Waals surface area contributed by atoms with Crippen LogP contribution in [0.4, 0.5) is 17.5 Å². The van der Waals surface area contributed by atoms with Crippen molar-refractivity contribution in [3.63, 3.8) is 0 Å².